The quantitative estimate of drug-likeness (QED) is 0.509. The monoisotopic (exact) mass is 332 g/mol. The van der Waals surface area contributed by atoms with E-state index in [0.717, 1.165) is 27.5 Å². The topological polar surface area (TPSA) is 76.5 Å². The minimum Gasteiger partial charge on any atom is -0.544 e. The lowest BCUT2D eigenvalue weighted by Gasteiger charge is -2.09. The minimum absolute atomic E-state index is 0.171. The lowest BCUT2D eigenvalue weighted by atomic mass is 10.2. The van der Waals surface area contributed by atoms with E-state index in [1.54, 1.807) is 13.0 Å². The van der Waals surface area contributed by atoms with Gasteiger partial charge in [0.05, 0.1) is 21.4 Å². The van der Waals surface area contributed by atoms with Crippen LogP contribution < -0.4 is 15.8 Å². The Kier molecular flexibility index (Phi) is 5.24. The number of nitrogens with zero attached hydrogens (tertiary/aromatic N) is 1. The molecule has 0 bridgehead atoms. The average molecular weight is 332 g/mol. The number of hydrogen-bond acceptors (Lipinski definition) is 5. The van der Waals surface area contributed by atoms with Crippen LogP contribution in [0.3, 0.4) is 0 Å². The molecule has 0 spiro atoms. The summed E-state index contributed by atoms with van der Waals surface area (Å²) in [6.07, 6.45) is 0. The van der Waals surface area contributed by atoms with Crippen LogP contribution in [0.2, 0.25) is 0 Å². The minimum atomic E-state index is -1.19. The van der Waals surface area contributed by atoms with E-state index in [4.69, 9.17) is 12.2 Å². The van der Waals surface area contributed by atoms with Crippen molar-refractivity contribution in [3.05, 3.63) is 51.7 Å². The lowest BCUT2D eigenvalue weighted by Crippen LogP contribution is -2.25. The Morgan fingerprint density at radius 3 is 2.55 bits per heavy atom. The van der Waals surface area contributed by atoms with Gasteiger partial charge in [0.15, 0.2) is 5.11 Å². The highest BCUT2D eigenvalue weighted by Gasteiger charge is 2.04. The van der Waals surface area contributed by atoms with Gasteiger partial charge in [-0.1, -0.05) is 18.2 Å². The molecule has 5 nitrogen and oxygen atoms in total. The number of hydrazone groups is 1. The first-order chi connectivity index (χ1) is 10.5. The Morgan fingerprint density at radius 2 is 1.91 bits per heavy atom. The summed E-state index contributed by atoms with van der Waals surface area (Å²) < 4.78 is 0. The molecule has 2 aromatic rings. The fourth-order valence-electron chi connectivity index (χ4n) is 1.70. The highest BCUT2D eigenvalue weighted by Crippen LogP contribution is 2.16. The second-order valence-electron chi connectivity index (χ2n) is 4.53. The number of benzene rings is 1. The van der Waals surface area contributed by atoms with Gasteiger partial charge in [-0.05, 0) is 49.8 Å². The Labute approximate surface area is 137 Å². The number of carbonyl (C=O) groups excluding carboxylic acids is 1. The fraction of sp³-hybridized carbons (Fsp3) is 0.133. The summed E-state index contributed by atoms with van der Waals surface area (Å²) in [6, 6.07) is 11.0. The molecule has 2 rings (SSSR count). The van der Waals surface area contributed by atoms with Crippen molar-refractivity contribution in [1.82, 2.24) is 5.43 Å². The number of aryl methyl sites for hydroxylation is 1. The van der Waals surface area contributed by atoms with Crippen LogP contribution in [0.25, 0.3) is 0 Å². The molecule has 0 aliphatic heterocycles. The molecule has 22 heavy (non-hydrogen) atoms. The molecule has 1 aromatic heterocycles. The number of rotatable bonds is 4. The van der Waals surface area contributed by atoms with Gasteiger partial charge >= 0.3 is 0 Å². The average Bonchev–Trinajstić information content (AvgIpc) is 2.97. The van der Waals surface area contributed by atoms with E-state index in [1.165, 1.54) is 6.07 Å². The summed E-state index contributed by atoms with van der Waals surface area (Å²) in [5.41, 5.74) is 5.37. The number of hydrogen-bond donors (Lipinski definition) is 2. The van der Waals surface area contributed by atoms with Crippen molar-refractivity contribution in [3.63, 3.8) is 0 Å². The second-order valence-corrected chi connectivity index (χ2v) is 6.02. The molecule has 0 radical (unpaired) electrons. The van der Waals surface area contributed by atoms with Crippen LogP contribution in [-0.4, -0.2) is 16.8 Å². The number of aromatic carboxylic acids is 1. The van der Waals surface area contributed by atoms with Crippen LogP contribution in [-0.2, 0) is 0 Å². The number of carbonyl (C=O) groups is 1. The van der Waals surface area contributed by atoms with E-state index >= 15 is 0 Å². The molecule has 0 aliphatic rings. The van der Waals surface area contributed by atoms with Gasteiger partial charge in [-0.25, -0.2) is 0 Å². The van der Waals surface area contributed by atoms with Gasteiger partial charge in [-0.15, -0.1) is 11.3 Å². The van der Waals surface area contributed by atoms with E-state index in [9.17, 15) is 9.90 Å². The fourth-order valence-corrected chi connectivity index (χ4v) is 2.64. The van der Waals surface area contributed by atoms with E-state index in [2.05, 4.69) is 15.8 Å². The summed E-state index contributed by atoms with van der Waals surface area (Å²) in [6.45, 7) is 3.75. The molecule has 1 aromatic carbocycles. The maximum absolute atomic E-state index is 10.8. The van der Waals surface area contributed by atoms with Crippen molar-refractivity contribution in [2.24, 2.45) is 5.10 Å². The molecule has 0 saturated heterocycles. The number of anilines is 1. The molecule has 0 saturated carbocycles. The molecule has 0 amide bonds. The van der Waals surface area contributed by atoms with Crippen molar-refractivity contribution in [2.45, 2.75) is 13.8 Å². The number of nitrogens with one attached hydrogen (secondary N) is 2. The third-order valence-electron chi connectivity index (χ3n) is 2.88. The predicted octanol–water partition coefficient (Wildman–Crippen LogP) is 2.13. The predicted molar refractivity (Wildman–Crippen MR) is 91.4 cm³/mol. The van der Waals surface area contributed by atoms with Gasteiger partial charge in [0, 0.05) is 5.69 Å². The third kappa shape index (κ3) is 4.12. The van der Waals surface area contributed by atoms with Crippen LogP contribution in [0.1, 0.15) is 27.0 Å². The molecule has 0 unspecified atom stereocenters. The Balaban J connectivity index is 1.99. The van der Waals surface area contributed by atoms with E-state index in [0.29, 0.717) is 10.8 Å². The lowest BCUT2D eigenvalue weighted by molar-refractivity contribution is -0.254. The molecule has 7 heteroatoms. The summed E-state index contributed by atoms with van der Waals surface area (Å²) in [7, 11) is 0. The molecule has 0 aliphatic carbocycles. The first-order valence-corrected chi connectivity index (χ1v) is 7.68. The van der Waals surface area contributed by atoms with Crippen LogP contribution in [0, 0.1) is 6.92 Å². The van der Waals surface area contributed by atoms with E-state index < -0.39 is 5.97 Å². The van der Waals surface area contributed by atoms with E-state index in [1.807, 2.05) is 31.2 Å². The SMILES string of the molecule is C/C(=N/NC(=S)Nc1ccccc1C)c1ccc(C(=O)[O-])s1. The van der Waals surface area contributed by atoms with Crippen molar-refractivity contribution in [1.29, 1.82) is 0 Å². The molecule has 1 heterocycles. The maximum atomic E-state index is 10.8. The van der Waals surface area contributed by atoms with Crippen molar-refractivity contribution >= 4 is 46.0 Å². The Hall–Kier alpha value is -2.25. The summed E-state index contributed by atoms with van der Waals surface area (Å²) in [5, 5.41) is 18.3. The zero-order valence-corrected chi connectivity index (χ0v) is 13.7. The van der Waals surface area contributed by atoms with Gasteiger partial charge < -0.3 is 15.2 Å². The maximum Gasteiger partial charge on any atom is 0.191 e. The zero-order valence-electron chi connectivity index (χ0n) is 12.0. The first-order valence-electron chi connectivity index (χ1n) is 6.46. The number of thiophene rings is 1. The smallest absolute Gasteiger partial charge is 0.191 e. The number of carboxylic acid groups (broad SMARTS) is 1. The normalized spacial score (nSPS) is 11.1. The second kappa shape index (κ2) is 7.15. The van der Waals surface area contributed by atoms with E-state index in [-0.39, 0.29) is 4.88 Å². The molecular formula is C15H14N3O2S2-. The zero-order chi connectivity index (χ0) is 16.1. The molecule has 0 atom stereocenters. The Morgan fingerprint density at radius 1 is 1.23 bits per heavy atom. The van der Waals surface area contributed by atoms with Crippen LogP contribution in [0.5, 0.6) is 0 Å². The van der Waals surface area contributed by atoms with Crippen LogP contribution in [0.4, 0.5) is 5.69 Å². The largest absolute Gasteiger partial charge is 0.544 e. The highest BCUT2D eigenvalue weighted by molar-refractivity contribution is 7.80. The molecule has 0 fully saturated rings. The van der Waals surface area contributed by atoms with Crippen molar-refractivity contribution in [3.8, 4) is 0 Å². The van der Waals surface area contributed by atoms with Gasteiger partial charge in [0.25, 0.3) is 0 Å². The first kappa shape index (κ1) is 16.1. The molecule has 114 valence electrons. The number of thiocarbonyl (C=S) groups is 1. The van der Waals surface area contributed by atoms with Crippen molar-refractivity contribution < 1.29 is 9.90 Å². The van der Waals surface area contributed by atoms with Gasteiger partial charge in [0.2, 0.25) is 0 Å². The standard InChI is InChI=1S/C15H15N3O2S2/c1-9-5-3-4-6-11(9)16-15(21)18-17-10(2)12-7-8-13(22-12)14(19)20/h3-8H,1-2H3,(H,19,20)(H2,16,18,21)/p-1/b17-10-. The number of carboxylic acids is 1. The summed E-state index contributed by atoms with van der Waals surface area (Å²) in [4.78, 5) is 11.7. The summed E-state index contributed by atoms with van der Waals surface area (Å²) >= 11 is 6.29. The number of para-hydroxylation sites is 1. The molecular weight excluding hydrogens is 318 g/mol. The van der Waals surface area contributed by atoms with Gasteiger partial charge in [-0.2, -0.15) is 5.10 Å². The Bertz CT molecular complexity index is 738. The van der Waals surface area contributed by atoms with Gasteiger partial charge in [-0.3, -0.25) is 5.43 Å². The van der Waals surface area contributed by atoms with Gasteiger partial charge in [0.1, 0.15) is 0 Å². The third-order valence-corrected chi connectivity index (χ3v) is 4.25. The van der Waals surface area contributed by atoms with Crippen molar-refractivity contribution in [2.75, 3.05) is 5.32 Å². The molecule has 2 N–H and O–H groups in total. The van der Waals surface area contributed by atoms with Crippen LogP contribution in [0.15, 0.2) is 41.5 Å². The summed E-state index contributed by atoms with van der Waals surface area (Å²) in [5.74, 6) is -1.19. The highest BCUT2D eigenvalue weighted by atomic mass is 32.1. The van der Waals surface area contributed by atoms with Crippen LogP contribution >= 0.6 is 23.6 Å².